The first kappa shape index (κ1) is 23.3. The van der Waals surface area contributed by atoms with Gasteiger partial charge >= 0.3 is 6.61 Å². The van der Waals surface area contributed by atoms with Crippen LogP contribution in [0.1, 0.15) is 37.0 Å². The van der Waals surface area contributed by atoms with Gasteiger partial charge in [0.2, 0.25) is 5.91 Å². The van der Waals surface area contributed by atoms with Crippen LogP contribution in [0.4, 0.5) is 17.6 Å². The van der Waals surface area contributed by atoms with Crippen LogP contribution in [0.5, 0.6) is 5.75 Å². The van der Waals surface area contributed by atoms with Crippen molar-refractivity contribution in [2.75, 3.05) is 26.2 Å². The zero-order chi connectivity index (χ0) is 22.8. The topological polar surface area (TPSA) is 70.7 Å². The third kappa shape index (κ3) is 5.87. The van der Waals surface area contributed by atoms with E-state index in [-0.39, 0.29) is 29.2 Å². The second-order valence-corrected chi connectivity index (χ2v) is 9.11. The minimum absolute atomic E-state index is 0.0687. The summed E-state index contributed by atoms with van der Waals surface area (Å²) in [6, 6.07) is 5.64. The maximum absolute atomic E-state index is 12.8. The summed E-state index contributed by atoms with van der Waals surface area (Å²) in [4.78, 5) is 26.1. The van der Waals surface area contributed by atoms with Gasteiger partial charge in [-0.3, -0.25) is 14.5 Å². The molecule has 1 aromatic rings. The third-order valence-corrected chi connectivity index (χ3v) is 5.81. The number of likely N-dealkylation sites (tertiary alicyclic amines) is 1. The van der Waals surface area contributed by atoms with Crippen molar-refractivity contribution in [2.24, 2.45) is 11.3 Å². The van der Waals surface area contributed by atoms with Crippen molar-refractivity contribution in [3.05, 3.63) is 29.8 Å². The Hall–Kier alpha value is -2.36. The number of hydrogen-bond donors (Lipinski definition) is 2. The molecule has 1 heterocycles. The monoisotopic (exact) mass is 445 g/mol. The van der Waals surface area contributed by atoms with E-state index in [1.165, 1.54) is 38.1 Å². The lowest BCUT2D eigenvalue weighted by atomic mass is 9.57. The second-order valence-electron chi connectivity index (χ2n) is 9.11. The van der Waals surface area contributed by atoms with Crippen LogP contribution in [-0.2, 0) is 4.79 Å². The summed E-state index contributed by atoms with van der Waals surface area (Å²) >= 11 is 0. The van der Waals surface area contributed by atoms with E-state index in [0.29, 0.717) is 12.5 Å². The average Bonchev–Trinajstić information content (AvgIpc) is 2.60. The fourth-order valence-electron chi connectivity index (χ4n) is 4.39. The zero-order valence-corrected chi connectivity index (χ0v) is 17.5. The van der Waals surface area contributed by atoms with Crippen molar-refractivity contribution in [1.82, 2.24) is 15.5 Å². The first-order chi connectivity index (χ1) is 14.5. The molecule has 2 fully saturated rings. The van der Waals surface area contributed by atoms with Gasteiger partial charge in [-0.2, -0.15) is 8.78 Å². The van der Waals surface area contributed by atoms with Gasteiger partial charge in [0, 0.05) is 25.2 Å². The van der Waals surface area contributed by atoms with E-state index in [1.807, 2.05) is 4.90 Å². The SMILES string of the molecule is CC(C)(NC(=O)CN1CC2(CC(CNC(=O)c3cccc(OC(F)F)c3)C2)C1)C(F)F. The first-order valence-corrected chi connectivity index (χ1v) is 10.1. The molecule has 31 heavy (non-hydrogen) atoms. The Bertz CT molecular complexity index is 805. The minimum Gasteiger partial charge on any atom is -0.435 e. The summed E-state index contributed by atoms with van der Waals surface area (Å²) < 4.78 is 54.6. The van der Waals surface area contributed by atoms with E-state index in [1.54, 1.807) is 0 Å². The Labute approximate surface area is 178 Å². The van der Waals surface area contributed by atoms with Crippen LogP contribution in [0.3, 0.4) is 0 Å². The number of nitrogens with one attached hydrogen (secondary N) is 2. The molecule has 3 rings (SSSR count). The van der Waals surface area contributed by atoms with Crippen molar-refractivity contribution >= 4 is 11.8 Å². The molecule has 1 aliphatic heterocycles. The largest absolute Gasteiger partial charge is 0.435 e. The smallest absolute Gasteiger partial charge is 0.387 e. The van der Waals surface area contributed by atoms with Crippen LogP contribution in [-0.4, -0.2) is 61.5 Å². The predicted molar refractivity (Wildman–Crippen MR) is 105 cm³/mol. The molecule has 2 aliphatic rings. The molecule has 10 heteroatoms. The molecule has 0 bridgehead atoms. The number of ether oxygens (including phenoxy) is 1. The molecular weight excluding hydrogens is 418 g/mol. The van der Waals surface area contributed by atoms with Crippen LogP contribution in [0, 0.1) is 11.3 Å². The Kier molecular flexibility index (Phi) is 6.78. The van der Waals surface area contributed by atoms with Crippen LogP contribution in [0.25, 0.3) is 0 Å². The van der Waals surface area contributed by atoms with Gasteiger partial charge in [-0.25, -0.2) is 8.78 Å². The van der Waals surface area contributed by atoms with Gasteiger partial charge in [0.15, 0.2) is 0 Å². The van der Waals surface area contributed by atoms with E-state index < -0.39 is 24.5 Å². The molecule has 1 aliphatic carbocycles. The Balaban J connectivity index is 1.35. The maximum atomic E-state index is 12.8. The molecular formula is C21H27F4N3O3. The predicted octanol–water partition coefficient (Wildman–Crippen LogP) is 2.89. The molecule has 1 spiro atoms. The van der Waals surface area contributed by atoms with Gasteiger partial charge in [0.1, 0.15) is 5.75 Å². The van der Waals surface area contributed by atoms with Gasteiger partial charge in [0.25, 0.3) is 12.3 Å². The molecule has 172 valence electrons. The minimum atomic E-state index is -2.95. The molecule has 2 amide bonds. The molecule has 1 saturated heterocycles. The average molecular weight is 445 g/mol. The van der Waals surface area contributed by atoms with Crippen LogP contribution in [0.15, 0.2) is 24.3 Å². The summed E-state index contributed by atoms with van der Waals surface area (Å²) in [5, 5.41) is 5.18. The highest BCUT2D eigenvalue weighted by atomic mass is 19.3. The number of carbonyl (C=O) groups excluding carboxylic acids is 2. The van der Waals surface area contributed by atoms with E-state index in [2.05, 4.69) is 15.4 Å². The Morgan fingerprint density at radius 1 is 1.23 bits per heavy atom. The Morgan fingerprint density at radius 2 is 1.90 bits per heavy atom. The van der Waals surface area contributed by atoms with Crippen molar-refractivity contribution in [1.29, 1.82) is 0 Å². The summed E-state index contributed by atoms with van der Waals surface area (Å²) in [5.41, 5.74) is -1.18. The highest BCUT2D eigenvalue weighted by molar-refractivity contribution is 5.94. The lowest BCUT2D eigenvalue weighted by Gasteiger charge is -2.59. The number of nitrogens with zero attached hydrogens (tertiary/aromatic N) is 1. The van der Waals surface area contributed by atoms with Gasteiger partial charge in [-0.1, -0.05) is 6.07 Å². The van der Waals surface area contributed by atoms with Crippen molar-refractivity contribution in [3.8, 4) is 5.75 Å². The molecule has 1 saturated carbocycles. The summed E-state index contributed by atoms with van der Waals surface area (Å²) in [5.74, 6) is -0.533. The van der Waals surface area contributed by atoms with Gasteiger partial charge in [0.05, 0.1) is 12.1 Å². The summed E-state index contributed by atoms with van der Waals surface area (Å²) in [6.07, 6.45) is -0.827. The van der Waals surface area contributed by atoms with Crippen molar-refractivity contribution in [2.45, 2.75) is 45.3 Å². The number of halogens is 4. The number of rotatable bonds is 9. The molecule has 0 unspecified atom stereocenters. The number of benzene rings is 1. The number of alkyl halides is 4. The third-order valence-electron chi connectivity index (χ3n) is 5.81. The molecule has 1 aromatic carbocycles. The molecule has 0 aromatic heterocycles. The lowest BCUT2D eigenvalue weighted by Crippen LogP contribution is -2.65. The van der Waals surface area contributed by atoms with Crippen LogP contribution >= 0.6 is 0 Å². The second kappa shape index (κ2) is 9.02. The standard InChI is InChI=1S/C21H27F4N3O3/c1-20(2,18(22)23)27-16(29)10-28-11-21(12-28)7-13(8-21)9-26-17(30)14-4-3-5-15(6-14)31-19(24)25/h3-6,13,18-19H,7-12H2,1-2H3,(H,26,30)(H,27,29). The highest BCUT2D eigenvalue weighted by Crippen LogP contribution is 2.51. The van der Waals surface area contributed by atoms with Crippen molar-refractivity contribution < 1.29 is 31.9 Å². The first-order valence-electron chi connectivity index (χ1n) is 10.1. The maximum Gasteiger partial charge on any atom is 0.387 e. The fourth-order valence-corrected chi connectivity index (χ4v) is 4.39. The Morgan fingerprint density at radius 3 is 2.52 bits per heavy atom. The molecule has 0 radical (unpaired) electrons. The van der Waals surface area contributed by atoms with Gasteiger partial charge in [-0.15, -0.1) is 0 Å². The quantitative estimate of drug-likeness (QED) is 0.574. The number of hydrogen-bond acceptors (Lipinski definition) is 4. The van der Waals surface area contributed by atoms with E-state index in [9.17, 15) is 27.2 Å². The fraction of sp³-hybridized carbons (Fsp3) is 0.619. The molecule has 0 atom stereocenters. The number of amides is 2. The highest BCUT2D eigenvalue weighted by Gasteiger charge is 2.52. The molecule has 6 nitrogen and oxygen atoms in total. The normalized spacial score (nSPS) is 18.6. The summed E-state index contributed by atoms with van der Waals surface area (Å²) in [6.45, 7) is 1.66. The number of carbonyl (C=O) groups is 2. The molecule has 2 N–H and O–H groups in total. The van der Waals surface area contributed by atoms with Gasteiger partial charge in [-0.05, 0) is 56.2 Å². The lowest BCUT2D eigenvalue weighted by molar-refractivity contribution is -0.135. The van der Waals surface area contributed by atoms with Crippen LogP contribution < -0.4 is 15.4 Å². The van der Waals surface area contributed by atoms with E-state index in [4.69, 9.17) is 0 Å². The van der Waals surface area contributed by atoms with E-state index >= 15 is 0 Å². The van der Waals surface area contributed by atoms with Crippen LogP contribution in [0.2, 0.25) is 0 Å². The zero-order valence-electron chi connectivity index (χ0n) is 17.5. The van der Waals surface area contributed by atoms with Crippen molar-refractivity contribution in [3.63, 3.8) is 0 Å². The van der Waals surface area contributed by atoms with E-state index in [0.717, 1.165) is 25.9 Å². The summed E-state index contributed by atoms with van der Waals surface area (Å²) in [7, 11) is 0. The van der Waals surface area contributed by atoms with Gasteiger partial charge < -0.3 is 15.4 Å².